The summed E-state index contributed by atoms with van der Waals surface area (Å²) in [6.07, 6.45) is 1.13. The average molecular weight is 564 g/mol. The summed E-state index contributed by atoms with van der Waals surface area (Å²) in [5.74, 6) is 0.609. The largest absolute Gasteiger partial charge is 0.342 e. The van der Waals surface area contributed by atoms with E-state index in [-0.39, 0.29) is 11.3 Å². The Balaban J connectivity index is 1.21. The maximum Gasteiger partial charge on any atom is 0.258 e. The van der Waals surface area contributed by atoms with Gasteiger partial charge in [0.15, 0.2) is 0 Å². The van der Waals surface area contributed by atoms with E-state index in [4.69, 9.17) is 16.1 Å². The molecule has 0 saturated heterocycles. The van der Waals surface area contributed by atoms with Crippen LogP contribution in [0.3, 0.4) is 0 Å². The van der Waals surface area contributed by atoms with E-state index in [0.29, 0.717) is 28.7 Å². The molecule has 0 spiro atoms. The van der Waals surface area contributed by atoms with E-state index in [2.05, 4.69) is 36.2 Å². The highest BCUT2D eigenvalue weighted by Crippen LogP contribution is 2.27. The monoisotopic (exact) mass is 563 g/mol. The number of benzene rings is 4. The first-order valence-electron chi connectivity index (χ1n) is 13.4. The lowest BCUT2D eigenvalue weighted by molar-refractivity contribution is -0.109. The average Bonchev–Trinajstić information content (AvgIpc) is 3.48. The van der Waals surface area contributed by atoms with Gasteiger partial charge >= 0.3 is 0 Å². The molecule has 0 saturated carbocycles. The summed E-state index contributed by atoms with van der Waals surface area (Å²) in [5.41, 5.74) is 6.29. The predicted molar refractivity (Wildman–Crippen MR) is 162 cm³/mol. The van der Waals surface area contributed by atoms with Crippen LogP contribution < -0.4 is 5.32 Å². The molecular weight excluding hydrogens is 534 g/mol. The van der Waals surface area contributed by atoms with Gasteiger partial charge in [0, 0.05) is 21.7 Å². The number of nitrogens with zero attached hydrogens (tertiary/aromatic N) is 2. The molecule has 7 heteroatoms. The van der Waals surface area contributed by atoms with Crippen molar-refractivity contribution in [1.29, 1.82) is 0 Å². The quantitative estimate of drug-likeness (QED) is 0.197. The first kappa shape index (κ1) is 28.0. The van der Waals surface area contributed by atoms with Gasteiger partial charge < -0.3 is 14.6 Å². The van der Waals surface area contributed by atoms with Gasteiger partial charge in [0.25, 0.3) is 11.8 Å². The fourth-order valence-corrected chi connectivity index (χ4v) is 4.58. The van der Waals surface area contributed by atoms with Crippen LogP contribution in [0.5, 0.6) is 0 Å². The zero-order chi connectivity index (χ0) is 29.0. The Morgan fingerprint density at radius 3 is 1.98 bits per heavy atom. The van der Waals surface area contributed by atoms with E-state index in [9.17, 15) is 9.59 Å². The van der Waals surface area contributed by atoms with Crippen molar-refractivity contribution in [3.8, 4) is 34.0 Å². The number of carbonyl (C=O) groups excluding carboxylic acids is 2. The lowest BCUT2D eigenvalue weighted by atomic mass is 9.86. The molecule has 5 rings (SSSR count). The fourth-order valence-electron chi connectivity index (χ4n) is 4.46. The van der Waals surface area contributed by atoms with E-state index in [1.807, 2.05) is 84.9 Å². The number of hydrogen-bond donors (Lipinski definition) is 1. The molecule has 41 heavy (non-hydrogen) atoms. The minimum absolute atomic E-state index is 0.000321. The van der Waals surface area contributed by atoms with Gasteiger partial charge in [0.05, 0.1) is 6.04 Å². The molecule has 1 unspecified atom stereocenters. The van der Waals surface area contributed by atoms with Gasteiger partial charge in [-0.2, -0.15) is 4.98 Å². The Kier molecular flexibility index (Phi) is 8.13. The van der Waals surface area contributed by atoms with Crippen molar-refractivity contribution >= 4 is 23.8 Å². The summed E-state index contributed by atoms with van der Waals surface area (Å²) in [7, 11) is 0. The topological polar surface area (TPSA) is 85.1 Å². The lowest BCUT2D eigenvalue weighted by Gasteiger charge is -2.19. The second-order valence-corrected chi connectivity index (χ2v) is 11.4. The van der Waals surface area contributed by atoms with E-state index in [0.717, 1.165) is 39.7 Å². The van der Waals surface area contributed by atoms with Crippen LogP contribution in [0.25, 0.3) is 34.0 Å². The molecule has 0 aliphatic carbocycles. The van der Waals surface area contributed by atoms with Crippen LogP contribution >= 0.6 is 11.6 Å². The molecule has 0 bridgehead atoms. The number of aromatic nitrogens is 2. The van der Waals surface area contributed by atoms with Crippen molar-refractivity contribution in [2.75, 3.05) is 0 Å². The second kappa shape index (κ2) is 11.9. The SMILES string of the molecule is CC(C)(C)c1ccc(C(=O)NC(C=O)Cc2ccc(-c3noc(-c4ccc(-c5ccc(Cl)cc5)cc4)n3)cc2)cc1. The van der Waals surface area contributed by atoms with Gasteiger partial charge in [-0.15, -0.1) is 0 Å². The van der Waals surface area contributed by atoms with E-state index >= 15 is 0 Å². The first-order chi connectivity index (χ1) is 19.7. The predicted octanol–water partition coefficient (Wildman–Crippen LogP) is 7.56. The maximum atomic E-state index is 12.7. The Morgan fingerprint density at radius 1 is 0.829 bits per heavy atom. The van der Waals surface area contributed by atoms with Crippen LogP contribution in [-0.2, 0) is 16.6 Å². The highest BCUT2D eigenvalue weighted by atomic mass is 35.5. The maximum absolute atomic E-state index is 12.7. The Labute approximate surface area is 244 Å². The summed E-state index contributed by atoms with van der Waals surface area (Å²) >= 11 is 5.99. The van der Waals surface area contributed by atoms with Gasteiger partial charge in [-0.1, -0.05) is 98.2 Å². The molecule has 4 aromatic carbocycles. The van der Waals surface area contributed by atoms with Crippen molar-refractivity contribution in [2.45, 2.75) is 38.6 Å². The van der Waals surface area contributed by atoms with Crippen LogP contribution in [0.4, 0.5) is 0 Å². The molecule has 0 fully saturated rings. The summed E-state index contributed by atoms with van der Waals surface area (Å²) in [4.78, 5) is 29.0. The minimum atomic E-state index is -0.650. The highest BCUT2D eigenvalue weighted by molar-refractivity contribution is 6.30. The zero-order valence-electron chi connectivity index (χ0n) is 23.1. The summed E-state index contributed by atoms with van der Waals surface area (Å²) < 4.78 is 5.52. The van der Waals surface area contributed by atoms with Gasteiger partial charge in [0.2, 0.25) is 5.82 Å². The number of carbonyl (C=O) groups is 2. The van der Waals surface area contributed by atoms with Gasteiger partial charge in [-0.3, -0.25) is 4.79 Å². The van der Waals surface area contributed by atoms with Crippen LogP contribution in [-0.4, -0.2) is 28.4 Å². The summed E-state index contributed by atoms with van der Waals surface area (Å²) in [6.45, 7) is 6.36. The van der Waals surface area contributed by atoms with Gasteiger partial charge in [-0.05, 0) is 70.5 Å². The van der Waals surface area contributed by atoms with Crippen LogP contribution in [0.15, 0.2) is 102 Å². The van der Waals surface area contributed by atoms with Gasteiger partial charge in [-0.25, -0.2) is 0 Å². The van der Waals surface area contributed by atoms with E-state index in [1.165, 1.54) is 0 Å². The zero-order valence-corrected chi connectivity index (χ0v) is 23.9. The Bertz CT molecular complexity index is 1630. The number of aldehydes is 1. The molecule has 1 amide bonds. The van der Waals surface area contributed by atoms with Gasteiger partial charge in [0.1, 0.15) is 6.29 Å². The molecular formula is C34H30ClN3O3. The van der Waals surface area contributed by atoms with E-state index < -0.39 is 6.04 Å². The second-order valence-electron chi connectivity index (χ2n) is 11.0. The molecule has 1 heterocycles. The molecule has 0 aliphatic heterocycles. The van der Waals surface area contributed by atoms with Crippen LogP contribution in [0.1, 0.15) is 42.3 Å². The standard InChI is InChI=1S/C34H30ClN3O3/c1-34(2,3)28-16-12-26(13-17-28)32(40)36-30(21-39)20-22-4-6-25(7-5-22)31-37-33(41-38-31)27-10-8-23(9-11-27)24-14-18-29(35)19-15-24/h4-19,21,30H,20H2,1-3H3,(H,36,40). The molecule has 1 N–H and O–H groups in total. The molecule has 1 aromatic heterocycles. The number of nitrogens with one attached hydrogen (secondary N) is 1. The fraction of sp³-hybridized carbons (Fsp3) is 0.176. The third-order valence-electron chi connectivity index (χ3n) is 6.90. The van der Waals surface area contributed by atoms with Crippen LogP contribution in [0, 0.1) is 0 Å². The molecule has 1 atom stereocenters. The van der Waals surface area contributed by atoms with Crippen molar-refractivity contribution in [2.24, 2.45) is 0 Å². The highest BCUT2D eigenvalue weighted by Gasteiger charge is 2.17. The van der Waals surface area contributed by atoms with Crippen molar-refractivity contribution in [3.05, 3.63) is 119 Å². The summed E-state index contributed by atoms with van der Waals surface area (Å²) in [6, 6.07) is 29.9. The van der Waals surface area contributed by atoms with Crippen LogP contribution in [0.2, 0.25) is 5.02 Å². The Hall–Kier alpha value is -4.55. The lowest BCUT2D eigenvalue weighted by Crippen LogP contribution is -2.37. The summed E-state index contributed by atoms with van der Waals surface area (Å²) in [5, 5.41) is 7.66. The first-order valence-corrected chi connectivity index (χ1v) is 13.7. The molecule has 206 valence electrons. The third kappa shape index (κ3) is 6.79. The normalized spacial score (nSPS) is 12.1. The van der Waals surface area contributed by atoms with E-state index in [1.54, 1.807) is 12.1 Å². The number of hydrogen-bond acceptors (Lipinski definition) is 5. The molecule has 0 aliphatic rings. The number of rotatable bonds is 8. The third-order valence-corrected chi connectivity index (χ3v) is 7.15. The van der Waals surface area contributed by atoms with Crippen molar-refractivity contribution < 1.29 is 14.1 Å². The molecule has 6 nitrogen and oxygen atoms in total. The molecule has 0 radical (unpaired) electrons. The number of halogens is 1. The molecule has 5 aromatic rings. The minimum Gasteiger partial charge on any atom is -0.342 e. The van der Waals surface area contributed by atoms with Crippen molar-refractivity contribution in [1.82, 2.24) is 15.5 Å². The van der Waals surface area contributed by atoms with Crippen molar-refractivity contribution in [3.63, 3.8) is 0 Å². The smallest absolute Gasteiger partial charge is 0.258 e. The Morgan fingerprint density at radius 2 is 1.39 bits per heavy atom. The number of amides is 1.